The third-order valence-electron chi connectivity index (χ3n) is 3.02. The zero-order valence-corrected chi connectivity index (χ0v) is 12.7. The number of anilines is 1. The first kappa shape index (κ1) is 16.1. The van der Waals surface area contributed by atoms with Crippen molar-refractivity contribution in [3.63, 3.8) is 0 Å². The maximum atomic E-state index is 12.6. The Morgan fingerprint density at radius 1 is 1.42 bits per heavy atom. The summed E-state index contributed by atoms with van der Waals surface area (Å²) in [4.78, 5) is -0.324. The predicted octanol–water partition coefficient (Wildman–Crippen LogP) is 2.22. The van der Waals surface area contributed by atoms with Crippen LogP contribution in [0.2, 0.25) is 5.02 Å². The standard InChI is InChI=1S/C12H18ClNO4S/c1-12(2,6-7-18-3)19(16,17)11-8(13)4-5-9(14)10(11)15/h4-5,15H,6-7,14H2,1-3H3. The fourth-order valence-electron chi connectivity index (χ4n) is 1.58. The molecule has 0 radical (unpaired) electrons. The minimum atomic E-state index is -3.84. The van der Waals surface area contributed by atoms with Gasteiger partial charge >= 0.3 is 0 Å². The van der Waals surface area contributed by atoms with Gasteiger partial charge in [0.15, 0.2) is 15.6 Å². The van der Waals surface area contributed by atoms with Crippen molar-refractivity contribution in [2.45, 2.75) is 29.9 Å². The molecule has 0 aromatic heterocycles. The minimum Gasteiger partial charge on any atom is -0.504 e. The van der Waals surface area contributed by atoms with Gasteiger partial charge in [-0.1, -0.05) is 11.6 Å². The Morgan fingerprint density at radius 3 is 2.53 bits per heavy atom. The Bertz CT molecular complexity index is 569. The summed E-state index contributed by atoms with van der Waals surface area (Å²) in [6.07, 6.45) is 0.274. The van der Waals surface area contributed by atoms with E-state index in [-0.39, 0.29) is 28.6 Å². The minimum absolute atomic E-state index is 0.0227. The van der Waals surface area contributed by atoms with Crippen LogP contribution in [0.1, 0.15) is 20.3 Å². The number of phenols is 1. The zero-order valence-electron chi connectivity index (χ0n) is 11.1. The number of hydrogen-bond donors (Lipinski definition) is 2. The van der Waals surface area contributed by atoms with E-state index in [1.807, 2.05) is 0 Å². The molecule has 0 atom stereocenters. The fourth-order valence-corrected chi connectivity index (χ4v) is 3.63. The number of ether oxygens (including phenoxy) is 1. The van der Waals surface area contributed by atoms with Crippen molar-refractivity contribution in [2.24, 2.45) is 0 Å². The first-order chi connectivity index (χ1) is 8.65. The van der Waals surface area contributed by atoms with E-state index in [1.165, 1.54) is 19.2 Å². The molecule has 0 fully saturated rings. The molecule has 0 aliphatic heterocycles. The summed E-state index contributed by atoms with van der Waals surface area (Å²) < 4.78 is 29.0. The van der Waals surface area contributed by atoms with E-state index in [9.17, 15) is 13.5 Å². The molecule has 0 unspecified atom stereocenters. The van der Waals surface area contributed by atoms with Crippen molar-refractivity contribution in [3.8, 4) is 5.75 Å². The van der Waals surface area contributed by atoms with Gasteiger partial charge in [0.05, 0.1) is 15.5 Å². The van der Waals surface area contributed by atoms with E-state index < -0.39 is 20.3 Å². The van der Waals surface area contributed by atoms with Gasteiger partial charge in [0.1, 0.15) is 4.90 Å². The fraction of sp³-hybridized carbons (Fsp3) is 0.500. The van der Waals surface area contributed by atoms with Crippen LogP contribution in [0.5, 0.6) is 5.75 Å². The number of benzene rings is 1. The van der Waals surface area contributed by atoms with Gasteiger partial charge in [0, 0.05) is 13.7 Å². The monoisotopic (exact) mass is 307 g/mol. The number of rotatable bonds is 5. The molecule has 1 aromatic carbocycles. The molecule has 0 heterocycles. The summed E-state index contributed by atoms with van der Waals surface area (Å²) in [5, 5.41) is 9.84. The quantitative estimate of drug-likeness (QED) is 0.643. The molecule has 1 rings (SSSR count). The van der Waals surface area contributed by atoms with Gasteiger partial charge in [-0.25, -0.2) is 8.42 Å². The lowest BCUT2D eigenvalue weighted by molar-refractivity contribution is 0.186. The second-order valence-corrected chi connectivity index (χ2v) is 7.75. The number of methoxy groups -OCH3 is 1. The normalized spacial score (nSPS) is 12.6. The van der Waals surface area contributed by atoms with Crippen molar-refractivity contribution >= 4 is 27.1 Å². The summed E-state index contributed by atoms with van der Waals surface area (Å²) in [6, 6.07) is 2.72. The summed E-state index contributed by atoms with van der Waals surface area (Å²) in [7, 11) is -2.34. The van der Waals surface area contributed by atoms with E-state index in [0.29, 0.717) is 0 Å². The Morgan fingerprint density at radius 2 is 2.00 bits per heavy atom. The average Bonchev–Trinajstić information content (AvgIpc) is 2.31. The molecule has 0 bridgehead atoms. The third-order valence-corrected chi connectivity index (χ3v) is 6.06. The number of hydrogen-bond acceptors (Lipinski definition) is 5. The molecule has 0 amide bonds. The topological polar surface area (TPSA) is 89.6 Å². The number of aromatic hydroxyl groups is 1. The van der Waals surface area contributed by atoms with Gasteiger partial charge in [0.25, 0.3) is 0 Å². The summed E-state index contributed by atoms with van der Waals surface area (Å²) >= 11 is 5.90. The molecule has 108 valence electrons. The van der Waals surface area contributed by atoms with Gasteiger partial charge in [-0.3, -0.25) is 0 Å². The molecule has 3 N–H and O–H groups in total. The van der Waals surface area contributed by atoms with Gasteiger partial charge in [-0.2, -0.15) is 0 Å². The molecular formula is C12H18ClNO4S. The van der Waals surface area contributed by atoms with Crippen molar-refractivity contribution in [1.82, 2.24) is 0 Å². The second-order valence-electron chi connectivity index (χ2n) is 4.82. The van der Waals surface area contributed by atoms with E-state index >= 15 is 0 Å². The lowest BCUT2D eigenvalue weighted by atomic mass is 10.1. The largest absolute Gasteiger partial charge is 0.504 e. The SMILES string of the molecule is COCCC(C)(C)S(=O)(=O)c1c(Cl)ccc(N)c1O. The lowest BCUT2D eigenvalue weighted by Gasteiger charge is -2.25. The number of phenolic OH excluding ortho intramolecular Hbond substituents is 1. The van der Waals surface area contributed by atoms with E-state index in [1.54, 1.807) is 13.8 Å². The van der Waals surface area contributed by atoms with Crippen molar-refractivity contribution < 1.29 is 18.3 Å². The lowest BCUT2D eigenvalue weighted by Crippen LogP contribution is -2.33. The van der Waals surface area contributed by atoms with Crippen LogP contribution in [0.4, 0.5) is 5.69 Å². The molecule has 1 aromatic rings. The maximum absolute atomic E-state index is 12.6. The number of halogens is 1. The Balaban J connectivity index is 3.40. The molecule has 0 saturated carbocycles. The van der Waals surface area contributed by atoms with E-state index in [4.69, 9.17) is 22.1 Å². The highest BCUT2D eigenvalue weighted by Gasteiger charge is 2.39. The smallest absolute Gasteiger partial charge is 0.188 e. The van der Waals surface area contributed by atoms with Crippen LogP contribution < -0.4 is 5.73 Å². The van der Waals surface area contributed by atoms with E-state index in [0.717, 1.165) is 0 Å². The van der Waals surface area contributed by atoms with Crippen molar-refractivity contribution in [3.05, 3.63) is 17.2 Å². The Labute approximate surface area is 118 Å². The highest BCUT2D eigenvalue weighted by atomic mass is 35.5. The highest BCUT2D eigenvalue weighted by Crippen LogP contribution is 2.40. The van der Waals surface area contributed by atoms with Crippen LogP contribution in [0.3, 0.4) is 0 Å². The van der Waals surface area contributed by atoms with E-state index in [2.05, 4.69) is 0 Å². The molecule has 0 saturated heterocycles. The van der Waals surface area contributed by atoms with Gasteiger partial charge < -0.3 is 15.6 Å². The summed E-state index contributed by atoms with van der Waals surface area (Å²) in [6.45, 7) is 3.40. The maximum Gasteiger partial charge on any atom is 0.188 e. The van der Waals surface area contributed by atoms with Crippen LogP contribution >= 0.6 is 11.6 Å². The van der Waals surface area contributed by atoms with Crippen LogP contribution in [-0.4, -0.2) is 32.0 Å². The molecule has 0 aliphatic carbocycles. The van der Waals surface area contributed by atoms with Crippen molar-refractivity contribution in [2.75, 3.05) is 19.5 Å². The predicted molar refractivity (Wildman–Crippen MR) is 75.3 cm³/mol. The molecule has 5 nitrogen and oxygen atoms in total. The first-order valence-corrected chi connectivity index (χ1v) is 7.52. The summed E-state index contributed by atoms with van der Waals surface area (Å²) in [5.74, 6) is -0.502. The van der Waals surface area contributed by atoms with Crippen molar-refractivity contribution in [1.29, 1.82) is 0 Å². The van der Waals surface area contributed by atoms with Crippen LogP contribution in [0.15, 0.2) is 17.0 Å². The highest BCUT2D eigenvalue weighted by molar-refractivity contribution is 7.93. The molecule has 7 heteroatoms. The van der Waals surface area contributed by atoms with Crippen LogP contribution in [-0.2, 0) is 14.6 Å². The zero-order chi connectivity index (χ0) is 14.8. The Hall–Kier alpha value is -0.980. The Kier molecular flexibility index (Phi) is 4.71. The molecule has 0 aliphatic rings. The molecular weight excluding hydrogens is 290 g/mol. The van der Waals surface area contributed by atoms with Gasteiger partial charge in [0.2, 0.25) is 0 Å². The second kappa shape index (κ2) is 5.56. The molecule has 19 heavy (non-hydrogen) atoms. The van der Waals surface area contributed by atoms with Crippen LogP contribution in [0, 0.1) is 0 Å². The van der Waals surface area contributed by atoms with Gasteiger partial charge in [-0.05, 0) is 32.4 Å². The average molecular weight is 308 g/mol. The van der Waals surface area contributed by atoms with Gasteiger partial charge in [-0.15, -0.1) is 0 Å². The number of nitrogens with two attached hydrogens (primary N) is 1. The molecule has 0 spiro atoms. The first-order valence-electron chi connectivity index (χ1n) is 5.65. The van der Waals surface area contributed by atoms with Crippen LogP contribution in [0.25, 0.3) is 0 Å². The number of sulfone groups is 1. The third kappa shape index (κ3) is 2.96. The number of nitrogen functional groups attached to an aromatic ring is 1. The summed E-state index contributed by atoms with van der Waals surface area (Å²) in [5.41, 5.74) is 5.51.